The van der Waals surface area contributed by atoms with E-state index in [-0.39, 0.29) is 0 Å². The monoisotopic (exact) mass is 327 g/mol. The third-order valence-electron chi connectivity index (χ3n) is 3.95. The Morgan fingerprint density at radius 3 is 2.04 bits per heavy atom. The molecule has 0 amide bonds. The molecule has 2 heteroatoms. The molecule has 25 heavy (non-hydrogen) atoms. The van der Waals surface area contributed by atoms with Crippen LogP contribution in [0, 0.1) is 6.92 Å². The highest BCUT2D eigenvalue weighted by molar-refractivity contribution is 5.99. The van der Waals surface area contributed by atoms with E-state index in [1.165, 1.54) is 5.56 Å². The fourth-order valence-corrected chi connectivity index (χ4v) is 2.72. The van der Waals surface area contributed by atoms with E-state index in [9.17, 15) is 0 Å². The zero-order valence-electron chi connectivity index (χ0n) is 14.6. The molecule has 0 radical (unpaired) electrons. The normalized spacial score (nSPS) is 10.2. The Hall–Kier alpha value is -2.93. The van der Waals surface area contributed by atoms with E-state index in [0.29, 0.717) is 6.61 Å². The number of benzene rings is 3. The summed E-state index contributed by atoms with van der Waals surface area (Å²) in [7, 11) is 1.70. The zero-order chi connectivity index (χ0) is 17.5. The number of aryl methyl sites for hydroxylation is 1. The number of methoxy groups -OCH3 is 1. The average Bonchev–Trinajstić information content (AvgIpc) is 2.65. The van der Waals surface area contributed by atoms with Gasteiger partial charge in [-0.3, -0.25) is 0 Å². The maximum atomic E-state index is 5.31. The van der Waals surface area contributed by atoms with Gasteiger partial charge < -0.3 is 4.74 Å². The molecule has 0 fully saturated rings. The van der Waals surface area contributed by atoms with Crippen LogP contribution in [0.4, 0.5) is 5.69 Å². The highest BCUT2D eigenvalue weighted by Gasteiger charge is 2.05. The van der Waals surface area contributed by atoms with Crippen LogP contribution in [0.1, 0.15) is 22.3 Å². The Bertz CT molecular complexity index is 850. The second kappa shape index (κ2) is 8.25. The van der Waals surface area contributed by atoms with Crippen LogP contribution >= 0.6 is 0 Å². The van der Waals surface area contributed by atoms with Gasteiger partial charge in [0.1, 0.15) is 0 Å². The van der Waals surface area contributed by atoms with Gasteiger partial charge in [-0.1, -0.05) is 78.4 Å². The second-order valence-electron chi connectivity index (χ2n) is 5.90. The van der Waals surface area contributed by atoms with Crippen LogP contribution in [0.2, 0.25) is 0 Å². The lowest BCUT2D eigenvalue weighted by atomic mass is 9.99. The van der Waals surface area contributed by atoms with Crippen LogP contribution in [0.25, 0.3) is 5.57 Å². The molecule has 0 spiro atoms. The van der Waals surface area contributed by atoms with Crippen LogP contribution in [-0.2, 0) is 11.3 Å². The SMILES string of the molecule is COCc1cc(C)ccc1N=C=C(c1ccccc1)c1ccccc1. The summed E-state index contributed by atoms with van der Waals surface area (Å²) < 4.78 is 5.31. The largest absolute Gasteiger partial charge is 0.380 e. The lowest BCUT2D eigenvalue weighted by Crippen LogP contribution is -1.90. The molecule has 0 aliphatic heterocycles. The summed E-state index contributed by atoms with van der Waals surface area (Å²) in [5.74, 6) is 3.27. The van der Waals surface area contributed by atoms with Crippen molar-refractivity contribution in [2.75, 3.05) is 7.11 Å². The van der Waals surface area contributed by atoms with Gasteiger partial charge in [-0.25, -0.2) is 4.99 Å². The van der Waals surface area contributed by atoms with Gasteiger partial charge in [0.15, 0.2) is 0 Å². The van der Waals surface area contributed by atoms with Crippen molar-refractivity contribution in [3.05, 3.63) is 101 Å². The Balaban J connectivity index is 2.12. The molecule has 0 heterocycles. The van der Waals surface area contributed by atoms with Gasteiger partial charge in [-0.05, 0) is 30.0 Å². The van der Waals surface area contributed by atoms with Crippen LogP contribution < -0.4 is 0 Å². The van der Waals surface area contributed by atoms with Crippen molar-refractivity contribution in [3.8, 4) is 0 Å². The fraction of sp³-hybridized carbons (Fsp3) is 0.130. The summed E-state index contributed by atoms with van der Waals surface area (Å²) in [5.41, 5.74) is 6.31. The van der Waals surface area contributed by atoms with Gasteiger partial charge in [0, 0.05) is 12.7 Å². The number of hydrogen-bond donors (Lipinski definition) is 0. The molecule has 0 bridgehead atoms. The summed E-state index contributed by atoms with van der Waals surface area (Å²) in [6.45, 7) is 2.61. The molecule has 2 nitrogen and oxygen atoms in total. The first-order chi connectivity index (χ1) is 12.3. The Morgan fingerprint density at radius 2 is 1.48 bits per heavy atom. The van der Waals surface area contributed by atoms with Crippen molar-refractivity contribution < 1.29 is 4.74 Å². The summed E-state index contributed by atoms with van der Waals surface area (Å²) >= 11 is 0. The van der Waals surface area contributed by atoms with Crippen LogP contribution in [-0.4, -0.2) is 13.0 Å². The highest BCUT2D eigenvalue weighted by atomic mass is 16.5. The predicted octanol–water partition coefficient (Wildman–Crippen LogP) is 5.57. The van der Waals surface area contributed by atoms with Crippen molar-refractivity contribution in [3.63, 3.8) is 0 Å². The molecule has 0 saturated carbocycles. The molecule has 0 aliphatic carbocycles. The molecule has 0 aromatic heterocycles. The Morgan fingerprint density at radius 1 is 0.880 bits per heavy atom. The lowest BCUT2D eigenvalue weighted by Gasteiger charge is -2.06. The molecule has 0 aliphatic rings. The summed E-state index contributed by atoms with van der Waals surface area (Å²) in [4.78, 5) is 4.65. The van der Waals surface area contributed by atoms with Gasteiger partial charge in [0.05, 0.1) is 17.9 Å². The van der Waals surface area contributed by atoms with E-state index < -0.39 is 0 Å². The zero-order valence-corrected chi connectivity index (χ0v) is 14.6. The van der Waals surface area contributed by atoms with Gasteiger partial charge in [0.25, 0.3) is 0 Å². The average molecular weight is 327 g/mol. The molecule has 3 rings (SSSR count). The summed E-state index contributed by atoms with van der Waals surface area (Å²) in [6.07, 6.45) is 0. The maximum Gasteiger partial charge on any atom is 0.0785 e. The molecule has 0 unspecified atom stereocenters. The predicted molar refractivity (Wildman–Crippen MR) is 104 cm³/mol. The minimum atomic E-state index is 0.536. The third kappa shape index (κ3) is 4.33. The first kappa shape index (κ1) is 16.9. The van der Waals surface area contributed by atoms with Crippen molar-refractivity contribution in [2.45, 2.75) is 13.5 Å². The van der Waals surface area contributed by atoms with Crippen molar-refractivity contribution in [1.82, 2.24) is 0 Å². The smallest absolute Gasteiger partial charge is 0.0785 e. The van der Waals surface area contributed by atoms with E-state index in [1.807, 2.05) is 42.5 Å². The van der Waals surface area contributed by atoms with E-state index in [4.69, 9.17) is 4.74 Å². The quantitative estimate of drug-likeness (QED) is 0.561. The number of nitrogens with zero attached hydrogens (tertiary/aromatic N) is 1. The molecule has 0 atom stereocenters. The molecular weight excluding hydrogens is 306 g/mol. The van der Waals surface area contributed by atoms with Crippen LogP contribution in [0.5, 0.6) is 0 Å². The molecular formula is C23H21NO. The number of rotatable bonds is 5. The van der Waals surface area contributed by atoms with Crippen molar-refractivity contribution in [2.24, 2.45) is 4.99 Å². The molecule has 0 saturated heterocycles. The minimum Gasteiger partial charge on any atom is -0.380 e. The topological polar surface area (TPSA) is 21.6 Å². The summed E-state index contributed by atoms with van der Waals surface area (Å²) in [5, 5.41) is 0. The van der Waals surface area contributed by atoms with Crippen LogP contribution in [0.15, 0.2) is 83.9 Å². The standard InChI is InChI=1S/C23H21NO/c1-18-13-14-23(21(15-18)17-25-2)24-16-22(19-9-5-3-6-10-19)20-11-7-4-8-12-20/h3-15H,17H2,1-2H3. The first-order valence-corrected chi connectivity index (χ1v) is 8.31. The molecule has 0 N–H and O–H groups in total. The second-order valence-corrected chi connectivity index (χ2v) is 5.90. The van der Waals surface area contributed by atoms with Crippen molar-refractivity contribution >= 4 is 17.1 Å². The first-order valence-electron chi connectivity index (χ1n) is 8.31. The van der Waals surface area contributed by atoms with E-state index in [1.54, 1.807) is 7.11 Å². The van der Waals surface area contributed by atoms with Gasteiger partial charge in [0.2, 0.25) is 0 Å². The van der Waals surface area contributed by atoms with E-state index in [0.717, 1.165) is 28.0 Å². The Labute approximate surface area is 149 Å². The van der Waals surface area contributed by atoms with Gasteiger partial charge >= 0.3 is 0 Å². The molecule has 3 aromatic rings. The third-order valence-corrected chi connectivity index (χ3v) is 3.95. The number of ether oxygens (including phenoxy) is 1. The molecule has 124 valence electrons. The Kier molecular flexibility index (Phi) is 5.58. The minimum absolute atomic E-state index is 0.536. The number of aliphatic imine (C=N–C) groups is 1. The van der Waals surface area contributed by atoms with Gasteiger partial charge in [-0.15, -0.1) is 0 Å². The fourth-order valence-electron chi connectivity index (χ4n) is 2.72. The maximum absolute atomic E-state index is 5.31. The van der Waals surface area contributed by atoms with Gasteiger partial charge in [-0.2, -0.15) is 0 Å². The number of hydrogen-bond acceptors (Lipinski definition) is 2. The van der Waals surface area contributed by atoms with Crippen molar-refractivity contribution in [1.29, 1.82) is 0 Å². The van der Waals surface area contributed by atoms with E-state index in [2.05, 4.69) is 54.2 Å². The lowest BCUT2D eigenvalue weighted by molar-refractivity contribution is 0.185. The molecule has 3 aromatic carbocycles. The highest BCUT2D eigenvalue weighted by Crippen LogP contribution is 2.24. The van der Waals surface area contributed by atoms with Crippen LogP contribution in [0.3, 0.4) is 0 Å². The summed E-state index contributed by atoms with van der Waals surface area (Å²) in [6, 6.07) is 26.6. The van der Waals surface area contributed by atoms with E-state index >= 15 is 0 Å².